The summed E-state index contributed by atoms with van der Waals surface area (Å²) in [4.78, 5) is 4.71. The van der Waals surface area contributed by atoms with E-state index in [1.54, 1.807) is 25.1 Å². The molecule has 2 aromatic carbocycles. The molecule has 0 unspecified atom stereocenters. The average molecular weight is 372 g/mol. The van der Waals surface area contributed by atoms with Gasteiger partial charge in [-0.05, 0) is 60.6 Å². The fraction of sp³-hybridized carbons (Fsp3) is 0.350. The van der Waals surface area contributed by atoms with E-state index in [2.05, 4.69) is 16.4 Å². The second kappa shape index (κ2) is 7.91. The number of fused-ring (bicyclic) bond motifs is 1. The Bertz CT molecular complexity index is 920. The summed E-state index contributed by atoms with van der Waals surface area (Å²) in [6.07, 6.45) is 4.60. The van der Waals surface area contributed by atoms with Gasteiger partial charge in [-0.25, -0.2) is 13.4 Å². The van der Waals surface area contributed by atoms with Gasteiger partial charge in [-0.15, -0.1) is 0 Å². The van der Waals surface area contributed by atoms with E-state index in [0.717, 1.165) is 24.1 Å². The van der Waals surface area contributed by atoms with E-state index in [-0.39, 0.29) is 5.75 Å². The Hall–Kier alpha value is -2.34. The van der Waals surface area contributed by atoms with Gasteiger partial charge in [0.05, 0.1) is 17.2 Å². The second-order valence-electron chi connectivity index (χ2n) is 6.53. The van der Waals surface area contributed by atoms with Crippen molar-refractivity contribution in [1.82, 2.24) is 0 Å². The highest BCUT2D eigenvalue weighted by Crippen LogP contribution is 2.27. The number of hydrogen-bond acceptors (Lipinski definition) is 3. The van der Waals surface area contributed by atoms with Crippen LogP contribution in [0.1, 0.15) is 36.5 Å². The molecule has 1 aliphatic rings. The van der Waals surface area contributed by atoms with Crippen molar-refractivity contribution in [2.45, 2.75) is 44.0 Å². The van der Waals surface area contributed by atoms with E-state index in [1.165, 1.54) is 24.0 Å². The number of nitrogens with two attached hydrogens (primary N) is 1. The number of rotatable bonds is 5. The molecular weight excluding hydrogens is 346 g/mol. The number of nitrogens with one attached hydrogen (secondary N) is 1. The van der Waals surface area contributed by atoms with Crippen LogP contribution in [-0.2, 0) is 29.2 Å². The van der Waals surface area contributed by atoms with E-state index >= 15 is 0 Å². The molecule has 0 bridgehead atoms. The monoisotopic (exact) mass is 371 g/mol. The lowest BCUT2D eigenvalue weighted by Crippen LogP contribution is -2.24. The third kappa shape index (κ3) is 4.25. The van der Waals surface area contributed by atoms with E-state index in [1.807, 2.05) is 18.2 Å². The zero-order chi connectivity index (χ0) is 18.6. The minimum absolute atomic E-state index is 0.0858. The van der Waals surface area contributed by atoms with Crippen LogP contribution in [0.3, 0.4) is 0 Å². The molecule has 1 aliphatic carbocycles. The predicted octanol–water partition coefficient (Wildman–Crippen LogP) is 3.29. The highest BCUT2D eigenvalue weighted by molar-refractivity contribution is 7.91. The Morgan fingerprint density at radius 1 is 1.15 bits per heavy atom. The molecule has 26 heavy (non-hydrogen) atoms. The minimum Gasteiger partial charge on any atom is -0.370 e. The molecule has 0 radical (unpaired) electrons. The van der Waals surface area contributed by atoms with E-state index in [4.69, 9.17) is 5.73 Å². The Balaban J connectivity index is 1.73. The largest absolute Gasteiger partial charge is 0.370 e. The van der Waals surface area contributed by atoms with E-state index in [9.17, 15) is 8.42 Å². The van der Waals surface area contributed by atoms with Crippen LogP contribution in [-0.4, -0.2) is 20.1 Å². The quantitative estimate of drug-likeness (QED) is 0.624. The van der Waals surface area contributed by atoms with Gasteiger partial charge < -0.3 is 11.1 Å². The van der Waals surface area contributed by atoms with Gasteiger partial charge in [-0.2, -0.15) is 0 Å². The Kier molecular flexibility index (Phi) is 5.61. The van der Waals surface area contributed by atoms with Crippen molar-refractivity contribution in [3.63, 3.8) is 0 Å². The second-order valence-corrected chi connectivity index (χ2v) is 8.81. The predicted molar refractivity (Wildman–Crippen MR) is 106 cm³/mol. The van der Waals surface area contributed by atoms with E-state index < -0.39 is 9.84 Å². The lowest BCUT2D eigenvalue weighted by atomic mass is 9.90. The van der Waals surface area contributed by atoms with Crippen molar-refractivity contribution in [3.05, 3.63) is 59.2 Å². The summed E-state index contributed by atoms with van der Waals surface area (Å²) in [5, 5.41) is 3.21. The smallest absolute Gasteiger partial charge is 0.193 e. The molecule has 0 spiro atoms. The van der Waals surface area contributed by atoms with Crippen molar-refractivity contribution in [2.24, 2.45) is 10.7 Å². The number of aryl methyl sites for hydroxylation is 1. The van der Waals surface area contributed by atoms with Crippen LogP contribution in [0.15, 0.2) is 52.4 Å². The van der Waals surface area contributed by atoms with Gasteiger partial charge in [-0.3, -0.25) is 0 Å². The Labute approximate surface area is 155 Å². The maximum atomic E-state index is 12.0. The zero-order valence-electron chi connectivity index (χ0n) is 15.0. The number of hydrogen-bond donors (Lipinski definition) is 2. The highest BCUT2D eigenvalue weighted by atomic mass is 32.2. The Morgan fingerprint density at radius 3 is 2.73 bits per heavy atom. The summed E-state index contributed by atoms with van der Waals surface area (Å²) >= 11 is 0. The standard InChI is InChI=1S/C20H25N3O2S/c1-2-26(24,25)17-10-5-7-15(13-17)14-22-20(21)23-19-12-6-9-16-8-3-4-11-18(16)19/h5-7,9-10,12-13H,2-4,8,11,14H2,1H3,(H3,21,22,23). The van der Waals surface area contributed by atoms with Crippen LogP contribution in [0.4, 0.5) is 5.69 Å². The van der Waals surface area contributed by atoms with Crippen LogP contribution >= 0.6 is 0 Å². The molecule has 5 nitrogen and oxygen atoms in total. The summed E-state index contributed by atoms with van der Waals surface area (Å²) in [5.74, 6) is 0.426. The van der Waals surface area contributed by atoms with Crippen molar-refractivity contribution < 1.29 is 8.42 Å². The van der Waals surface area contributed by atoms with Crippen LogP contribution < -0.4 is 11.1 Å². The average Bonchev–Trinajstić information content (AvgIpc) is 2.67. The van der Waals surface area contributed by atoms with E-state index in [0.29, 0.717) is 17.4 Å². The van der Waals surface area contributed by atoms with Crippen molar-refractivity contribution >= 4 is 21.5 Å². The molecule has 0 aliphatic heterocycles. The van der Waals surface area contributed by atoms with Gasteiger partial charge in [0.15, 0.2) is 15.8 Å². The lowest BCUT2D eigenvalue weighted by molar-refractivity contribution is 0.597. The third-order valence-corrected chi connectivity index (χ3v) is 6.46. The van der Waals surface area contributed by atoms with Gasteiger partial charge >= 0.3 is 0 Å². The van der Waals surface area contributed by atoms with Crippen molar-refractivity contribution in [3.8, 4) is 0 Å². The van der Waals surface area contributed by atoms with Crippen LogP contribution in [0, 0.1) is 0 Å². The minimum atomic E-state index is -3.21. The fourth-order valence-corrected chi connectivity index (χ4v) is 4.21. The molecule has 0 saturated heterocycles. The van der Waals surface area contributed by atoms with Crippen molar-refractivity contribution in [1.29, 1.82) is 0 Å². The summed E-state index contributed by atoms with van der Waals surface area (Å²) in [7, 11) is -3.21. The van der Waals surface area contributed by atoms with Gasteiger partial charge in [0.25, 0.3) is 0 Å². The van der Waals surface area contributed by atoms with Gasteiger partial charge in [0.1, 0.15) is 0 Å². The molecule has 138 valence electrons. The molecule has 3 rings (SSSR count). The van der Waals surface area contributed by atoms with Gasteiger partial charge in [0, 0.05) is 5.69 Å². The number of sulfone groups is 1. The first kappa shape index (κ1) is 18.5. The molecule has 0 amide bonds. The van der Waals surface area contributed by atoms with Crippen molar-refractivity contribution in [2.75, 3.05) is 11.1 Å². The molecule has 0 aromatic heterocycles. The van der Waals surface area contributed by atoms with Crippen LogP contribution in [0.2, 0.25) is 0 Å². The SMILES string of the molecule is CCS(=O)(=O)c1cccc(CN=C(N)Nc2cccc3c2CCCC3)c1. The summed E-state index contributed by atoms with van der Waals surface area (Å²) in [6, 6.07) is 13.1. The zero-order valence-corrected chi connectivity index (χ0v) is 15.8. The summed E-state index contributed by atoms with van der Waals surface area (Å²) in [5.41, 5.74) is 10.6. The summed E-state index contributed by atoms with van der Waals surface area (Å²) in [6.45, 7) is 1.98. The lowest BCUT2D eigenvalue weighted by Gasteiger charge is -2.19. The molecule has 0 saturated carbocycles. The van der Waals surface area contributed by atoms with Gasteiger partial charge in [0.2, 0.25) is 0 Å². The number of aliphatic imine (C=N–C) groups is 1. The van der Waals surface area contributed by atoms with Gasteiger partial charge in [-0.1, -0.05) is 31.2 Å². The first-order valence-corrected chi connectivity index (χ1v) is 10.6. The molecule has 3 N–H and O–H groups in total. The molecule has 0 fully saturated rings. The fourth-order valence-electron chi connectivity index (χ4n) is 3.26. The topological polar surface area (TPSA) is 84.5 Å². The third-order valence-electron chi connectivity index (χ3n) is 4.73. The highest BCUT2D eigenvalue weighted by Gasteiger charge is 2.13. The number of guanidine groups is 1. The molecule has 6 heteroatoms. The molecule has 0 atom stereocenters. The summed E-state index contributed by atoms with van der Waals surface area (Å²) < 4.78 is 24.0. The Morgan fingerprint density at radius 2 is 1.92 bits per heavy atom. The normalized spacial score (nSPS) is 14.7. The number of benzene rings is 2. The molecule has 2 aromatic rings. The maximum Gasteiger partial charge on any atom is 0.193 e. The van der Waals surface area contributed by atoms with Crippen LogP contribution in [0.5, 0.6) is 0 Å². The van der Waals surface area contributed by atoms with Crippen LogP contribution in [0.25, 0.3) is 0 Å². The maximum absolute atomic E-state index is 12.0. The first-order valence-electron chi connectivity index (χ1n) is 8.99. The molecular formula is C20H25N3O2S. The first-order chi connectivity index (χ1) is 12.5. The number of nitrogens with zero attached hydrogens (tertiary/aromatic N) is 1. The number of anilines is 1. The molecule has 0 heterocycles.